The molecular weight excluding hydrogens is 215 g/mol. The second kappa shape index (κ2) is 4.61. The van der Waals surface area contributed by atoms with E-state index < -0.39 is 22.1 Å². The highest BCUT2D eigenvalue weighted by molar-refractivity contribution is 5.85. The first-order chi connectivity index (χ1) is 6.07. The average molecular weight is 223 g/mol. The first kappa shape index (κ1) is 12.4. The zero-order chi connectivity index (χ0) is 10.0. The molecule has 0 fully saturated rings. The van der Waals surface area contributed by atoms with Crippen molar-refractivity contribution in [1.29, 1.82) is 0 Å². The number of rotatable bonds is 2. The van der Waals surface area contributed by atoms with Gasteiger partial charge in [0.25, 0.3) is 5.69 Å². The molecule has 0 aromatic heterocycles. The quantitative estimate of drug-likeness (QED) is 0.470. The van der Waals surface area contributed by atoms with Crippen molar-refractivity contribution >= 4 is 23.8 Å². The molecule has 14 heavy (non-hydrogen) atoms. The SMILES string of the molecule is COc1ccc([N+](=O)[O-])c(N)c1F.Cl. The minimum atomic E-state index is -0.906. The monoisotopic (exact) mass is 222 g/mol. The van der Waals surface area contributed by atoms with Gasteiger partial charge in [0.2, 0.25) is 0 Å². The molecule has 0 spiro atoms. The van der Waals surface area contributed by atoms with Gasteiger partial charge in [-0.3, -0.25) is 10.1 Å². The summed E-state index contributed by atoms with van der Waals surface area (Å²) >= 11 is 0. The predicted molar refractivity (Wildman–Crippen MR) is 51.3 cm³/mol. The molecule has 0 saturated heterocycles. The van der Waals surface area contributed by atoms with Crippen LogP contribution in [0, 0.1) is 15.9 Å². The van der Waals surface area contributed by atoms with Crippen molar-refractivity contribution in [2.75, 3.05) is 12.8 Å². The van der Waals surface area contributed by atoms with Gasteiger partial charge in [0.15, 0.2) is 17.3 Å². The topological polar surface area (TPSA) is 78.4 Å². The van der Waals surface area contributed by atoms with Crippen LogP contribution in [0.2, 0.25) is 0 Å². The summed E-state index contributed by atoms with van der Waals surface area (Å²) in [5, 5.41) is 10.3. The molecule has 0 unspecified atom stereocenters. The highest BCUT2D eigenvalue weighted by Crippen LogP contribution is 2.30. The third kappa shape index (κ3) is 2.02. The fourth-order valence-corrected chi connectivity index (χ4v) is 0.880. The second-order valence-electron chi connectivity index (χ2n) is 2.27. The fraction of sp³-hybridized carbons (Fsp3) is 0.143. The number of anilines is 1. The van der Waals surface area contributed by atoms with Crippen molar-refractivity contribution in [1.82, 2.24) is 0 Å². The van der Waals surface area contributed by atoms with Crippen LogP contribution in [0.25, 0.3) is 0 Å². The van der Waals surface area contributed by atoms with Crippen LogP contribution in [-0.4, -0.2) is 12.0 Å². The molecule has 1 aromatic rings. The molecule has 2 N–H and O–H groups in total. The molecule has 0 heterocycles. The van der Waals surface area contributed by atoms with Crippen LogP contribution in [0.1, 0.15) is 0 Å². The van der Waals surface area contributed by atoms with E-state index in [0.717, 1.165) is 12.1 Å². The molecule has 78 valence electrons. The van der Waals surface area contributed by atoms with E-state index in [4.69, 9.17) is 5.73 Å². The maximum absolute atomic E-state index is 13.1. The van der Waals surface area contributed by atoms with Crippen molar-refractivity contribution in [2.45, 2.75) is 0 Å². The summed E-state index contributed by atoms with van der Waals surface area (Å²) in [5.41, 5.74) is 4.19. The summed E-state index contributed by atoms with van der Waals surface area (Å²) in [7, 11) is 1.25. The molecule has 0 saturated carbocycles. The van der Waals surface area contributed by atoms with E-state index >= 15 is 0 Å². The van der Waals surface area contributed by atoms with E-state index in [1.54, 1.807) is 0 Å². The zero-order valence-electron chi connectivity index (χ0n) is 7.19. The lowest BCUT2D eigenvalue weighted by Crippen LogP contribution is -2.00. The van der Waals surface area contributed by atoms with Crippen LogP contribution in [0.4, 0.5) is 15.8 Å². The van der Waals surface area contributed by atoms with Gasteiger partial charge in [-0.2, -0.15) is 0 Å². The third-order valence-electron chi connectivity index (χ3n) is 1.54. The first-order valence-electron chi connectivity index (χ1n) is 3.34. The Morgan fingerprint density at radius 3 is 2.57 bits per heavy atom. The molecule has 0 radical (unpaired) electrons. The number of nitrogens with zero attached hydrogens (tertiary/aromatic N) is 1. The number of benzene rings is 1. The van der Waals surface area contributed by atoms with Gasteiger partial charge in [-0.25, -0.2) is 4.39 Å². The molecule has 5 nitrogen and oxygen atoms in total. The number of hydrogen-bond donors (Lipinski definition) is 1. The smallest absolute Gasteiger partial charge is 0.295 e. The number of nitrogen functional groups attached to an aromatic ring is 1. The number of nitro groups is 1. The van der Waals surface area contributed by atoms with Crippen molar-refractivity contribution in [3.05, 3.63) is 28.1 Å². The molecule has 7 heteroatoms. The highest BCUT2D eigenvalue weighted by atomic mass is 35.5. The molecule has 1 aromatic carbocycles. The highest BCUT2D eigenvalue weighted by Gasteiger charge is 2.18. The molecule has 1 rings (SSSR count). The molecule has 0 aliphatic rings. The van der Waals surface area contributed by atoms with E-state index in [2.05, 4.69) is 4.74 Å². The van der Waals surface area contributed by atoms with Gasteiger partial charge in [-0.1, -0.05) is 0 Å². The summed E-state index contributed by atoms with van der Waals surface area (Å²) in [6.07, 6.45) is 0. The van der Waals surface area contributed by atoms with Crippen LogP contribution in [0.3, 0.4) is 0 Å². The molecular formula is C7H8ClFN2O3. The zero-order valence-corrected chi connectivity index (χ0v) is 8.01. The van der Waals surface area contributed by atoms with Crippen LogP contribution in [0.15, 0.2) is 12.1 Å². The maximum Gasteiger partial charge on any atom is 0.295 e. The fourth-order valence-electron chi connectivity index (χ4n) is 0.880. The Morgan fingerprint density at radius 2 is 2.14 bits per heavy atom. The Balaban J connectivity index is 0.00000169. The molecule has 0 amide bonds. The van der Waals surface area contributed by atoms with Gasteiger partial charge < -0.3 is 10.5 Å². The summed E-state index contributed by atoms with van der Waals surface area (Å²) in [5.74, 6) is -1.01. The van der Waals surface area contributed by atoms with Crippen LogP contribution < -0.4 is 10.5 Å². The lowest BCUT2D eigenvalue weighted by Gasteiger charge is -2.03. The minimum absolute atomic E-state index is 0. The lowest BCUT2D eigenvalue weighted by molar-refractivity contribution is -0.384. The van der Waals surface area contributed by atoms with Gasteiger partial charge >= 0.3 is 0 Å². The Kier molecular flexibility index (Phi) is 4.10. The van der Waals surface area contributed by atoms with E-state index in [9.17, 15) is 14.5 Å². The molecule has 0 atom stereocenters. The minimum Gasteiger partial charge on any atom is -0.494 e. The van der Waals surface area contributed by atoms with Crippen LogP contribution in [-0.2, 0) is 0 Å². The van der Waals surface area contributed by atoms with Crippen molar-refractivity contribution < 1.29 is 14.1 Å². The first-order valence-corrected chi connectivity index (χ1v) is 3.34. The van der Waals surface area contributed by atoms with E-state index in [1.165, 1.54) is 7.11 Å². The van der Waals surface area contributed by atoms with Crippen molar-refractivity contribution in [3.8, 4) is 5.75 Å². The van der Waals surface area contributed by atoms with Gasteiger partial charge in [-0.05, 0) is 6.07 Å². The van der Waals surface area contributed by atoms with Gasteiger partial charge in [0, 0.05) is 6.07 Å². The summed E-state index contributed by atoms with van der Waals surface area (Å²) < 4.78 is 17.7. The van der Waals surface area contributed by atoms with Gasteiger partial charge in [0.05, 0.1) is 12.0 Å². The van der Waals surface area contributed by atoms with Gasteiger partial charge in [-0.15, -0.1) is 12.4 Å². The predicted octanol–water partition coefficient (Wildman–Crippen LogP) is 1.75. The standard InChI is InChI=1S/C7H7FN2O3.ClH/c1-13-5-3-2-4(10(11)12)7(9)6(5)8;/h2-3H,9H2,1H3;1H. The summed E-state index contributed by atoms with van der Waals surface area (Å²) in [4.78, 5) is 9.54. The summed E-state index contributed by atoms with van der Waals surface area (Å²) in [6.45, 7) is 0. The number of halogens is 2. The number of nitrogens with two attached hydrogens (primary N) is 1. The molecule has 0 aliphatic heterocycles. The Morgan fingerprint density at radius 1 is 1.57 bits per heavy atom. The van der Waals surface area contributed by atoms with Crippen LogP contribution >= 0.6 is 12.4 Å². The summed E-state index contributed by atoms with van der Waals surface area (Å²) in [6, 6.07) is 2.25. The number of nitro benzene ring substituents is 1. The lowest BCUT2D eigenvalue weighted by atomic mass is 10.2. The Hall–Kier alpha value is -1.56. The number of hydrogen-bond acceptors (Lipinski definition) is 4. The van der Waals surface area contributed by atoms with Crippen LogP contribution in [0.5, 0.6) is 5.75 Å². The molecule has 0 aliphatic carbocycles. The van der Waals surface area contributed by atoms with Gasteiger partial charge in [0.1, 0.15) is 0 Å². The van der Waals surface area contributed by atoms with E-state index in [0.29, 0.717) is 0 Å². The Bertz CT molecular complexity index is 359. The Labute approximate surface area is 85.2 Å². The normalized spacial score (nSPS) is 9.00. The van der Waals surface area contributed by atoms with Crippen molar-refractivity contribution in [2.24, 2.45) is 0 Å². The number of methoxy groups -OCH3 is 1. The largest absolute Gasteiger partial charge is 0.494 e. The average Bonchev–Trinajstić information content (AvgIpc) is 2.09. The maximum atomic E-state index is 13.1. The second-order valence-corrected chi connectivity index (χ2v) is 2.27. The number of ether oxygens (including phenoxy) is 1. The molecule has 0 bridgehead atoms. The van der Waals surface area contributed by atoms with E-state index in [-0.39, 0.29) is 18.2 Å². The van der Waals surface area contributed by atoms with Crippen molar-refractivity contribution in [3.63, 3.8) is 0 Å². The van der Waals surface area contributed by atoms with E-state index in [1.807, 2.05) is 0 Å². The third-order valence-corrected chi connectivity index (χ3v) is 1.54.